The van der Waals surface area contributed by atoms with Gasteiger partial charge in [-0.25, -0.2) is 4.79 Å². The normalized spacial score (nSPS) is 16.8. The van der Waals surface area contributed by atoms with Crippen molar-refractivity contribution in [1.82, 2.24) is 5.32 Å². The van der Waals surface area contributed by atoms with Crippen LogP contribution in [0.2, 0.25) is 0 Å². The molecule has 0 saturated heterocycles. The Bertz CT molecular complexity index is 1150. The van der Waals surface area contributed by atoms with Gasteiger partial charge in [-0.1, -0.05) is 30.4 Å². The molecule has 3 amide bonds. The van der Waals surface area contributed by atoms with E-state index in [1.165, 1.54) is 37.3 Å². The summed E-state index contributed by atoms with van der Waals surface area (Å²) in [4.78, 5) is 49.1. The number of benzene rings is 2. The first-order valence-electron chi connectivity index (χ1n) is 9.63. The highest BCUT2D eigenvalue weighted by Gasteiger charge is 2.37. The van der Waals surface area contributed by atoms with Gasteiger partial charge in [0.05, 0.1) is 22.5 Å². The second-order valence-electron chi connectivity index (χ2n) is 7.13. The number of hydrogen-bond donors (Lipinski definition) is 5. The summed E-state index contributed by atoms with van der Waals surface area (Å²) in [7, 11) is 0. The molecule has 1 atom stereocenters. The molecule has 2 aromatic carbocycles. The van der Waals surface area contributed by atoms with E-state index < -0.39 is 29.2 Å². The molecule has 1 unspecified atom stereocenters. The minimum absolute atomic E-state index is 0.0562. The van der Waals surface area contributed by atoms with E-state index in [2.05, 4.69) is 16.0 Å². The van der Waals surface area contributed by atoms with Crippen molar-refractivity contribution in [2.24, 2.45) is 0 Å². The number of hydrogen-bond acceptors (Lipinski definition) is 5. The molecule has 1 aliphatic carbocycles. The van der Waals surface area contributed by atoms with Crippen LogP contribution in [-0.4, -0.2) is 39.4 Å². The molecule has 0 fully saturated rings. The van der Waals surface area contributed by atoms with Crippen LogP contribution in [0.5, 0.6) is 5.75 Å². The highest BCUT2D eigenvalue weighted by molar-refractivity contribution is 6.13. The van der Waals surface area contributed by atoms with Gasteiger partial charge in [-0.05, 0) is 36.4 Å². The highest BCUT2D eigenvalue weighted by atomic mass is 16.4. The van der Waals surface area contributed by atoms with E-state index in [4.69, 9.17) is 0 Å². The van der Waals surface area contributed by atoms with Crippen LogP contribution in [-0.2, 0) is 9.59 Å². The lowest BCUT2D eigenvalue weighted by Gasteiger charge is -2.30. The zero-order valence-corrected chi connectivity index (χ0v) is 17.1. The van der Waals surface area contributed by atoms with Crippen molar-refractivity contribution in [3.8, 4) is 5.75 Å². The largest absolute Gasteiger partial charge is 0.508 e. The summed E-state index contributed by atoms with van der Waals surface area (Å²) in [5.74, 6) is -3.18. The summed E-state index contributed by atoms with van der Waals surface area (Å²) in [6.45, 7) is 1.29. The second kappa shape index (κ2) is 9.17. The minimum atomic E-state index is -1.35. The van der Waals surface area contributed by atoms with E-state index >= 15 is 0 Å². The SMILES string of the molecule is CC(=O)NC1(C(=O)Nc2ccc(O)cc2C(=O)Nc2ccccc2C(=O)O)C=CC=CC1. The number of aromatic hydroxyl groups is 1. The summed E-state index contributed by atoms with van der Waals surface area (Å²) < 4.78 is 0. The number of carboxylic acids is 1. The lowest BCUT2D eigenvalue weighted by molar-refractivity contribution is -0.127. The Balaban J connectivity index is 1.91. The fourth-order valence-corrected chi connectivity index (χ4v) is 3.28. The van der Waals surface area contributed by atoms with E-state index in [0.717, 1.165) is 6.07 Å². The van der Waals surface area contributed by atoms with E-state index in [0.29, 0.717) is 0 Å². The van der Waals surface area contributed by atoms with Gasteiger partial charge in [0, 0.05) is 13.3 Å². The maximum absolute atomic E-state index is 13.1. The van der Waals surface area contributed by atoms with Crippen LogP contribution in [0.1, 0.15) is 34.1 Å². The molecule has 1 aliphatic rings. The molecule has 0 aliphatic heterocycles. The number of nitrogens with one attached hydrogen (secondary N) is 3. The quantitative estimate of drug-likeness (QED) is 0.441. The predicted molar refractivity (Wildman–Crippen MR) is 118 cm³/mol. The first-order valence-corrected chi connectivity index (χ1v) is 9.63. The lowest BCUT2D eigenvalue weighted by atomic mass is 9.89. The Morgan fingerprint density at radius 3 is 2.31 bits per heavy atom. The van der Waals surface area contributed by atoms with Gasteiger partial charge in [0.1, 0.15) is 11.3 Å². The molecule has 0 saturated carbocycles. The Labute approximate surface area is 183 Å². The monoisotopic (exact) mass is 435 g/mol. The van der Waals surface area contributed by atoms with Crippen LogP contribution in [0.15, 0.2) is 66.8 Å². The average Bonchev–Trinajstić information content (AvgIpc) is 2.75. The van der Waals surface area contributed by atoms with E-state index in [9.17, 15) is 29.4 Å². The number of rotatable bonds is 6. The van der Waals surface area contributed by atoms with E-state index in [1.807, 2.05) is 0 Å². The Hall–Kier alpha value is -4.40. The smallest absolute Gasteiger partial charge is 0.337 e. The summed E-state index contributed by atoms with van der Waals surface area (Å²) in [6, 6.07) is 9.63. The van der Waals surface area contributed by atoms with Gasteiger partial charge in [-0.15, -0.1) is 0 Å². The molecule has 0 bridgehead atoms. The van der Waals surface area contributed by atoms with Gasteiger partial charge in [0.15, 0.2) is 0 Å². The van der Waals surface area contributed by atoms with Gasteiger partial charge in [0.25, 0.3) is 11.8 Å². The zero-order valence-electron chi connectivity index (χ0n) is 17.1. The van der Waals surface area contributed by atoms with Crippen LogP contribution in [0, 0.1) is 0 Å². The fraction of sp³-hybridized carbons (Fsp3) is 0.130. The predicted octanol–water partition coefficient (Wildman–Crippen LogP) is 2.67. The topological polar surface area (TPSA) is 145 Å². The molecule has 5 N–H and O–H groups in total. The number of carbonyl (C=O) groups excluding carboxylic acids is 3. The van der Waals surface area contributed by atoms with Crippen molar-refractivity contribution < 1.29 is 29.4 Å². The average molecular weight is 435 g/mol. The third-order valence-electron chi connectivity index (χ3n) is 4.77. The van der Waals surface area contributed by atoms with Gasteiger partial charge < -0.3 is 26.2 Å². The van der Waals surface area contributed by atoms with Crippen LogP contribution >= 0.6 is 0 Å². The van der Waals surface area contributed by atoms with Gasteiger partial charge in [-0.2, -0.15) is 0 Å². The van der Waals surface area contributed by atoms with Gasteiger partial charge >= 0.3 is 5.97 Å². The lowest BCUT2D eigenvalue weighted by Crippen LogP contribution is -2.55. The first kappa shape index (κ1) is 22.3. The van der Waals surface area contributed by atoms with E-state index in [1.54, 1.807) is 30.4 Å². The number of aromatic carboxylic acids is 1. The van der Waals surface area contributed by atoms with Gasteiger partial charge in [0.2, 0.25) is 5.91 Å². The highest BCUT2D eigenvalue weighted by Crippen LogP contribution is 2.26. The molecule has 3 rings (SSSR count). The Morgan fingerprint density at radius 1 is 0.938 bits per heavy atom. The Kier molecular flexibility index (Phi) is 6.39. The van der Waals surface area contributed by atoms with Crippen LogP contribution in [0.4, 0.5) is 11.4 Å². The maximum Gasteiger partial charge on any atom is 0.337 e. The van der Waals surface area contributed by atoms with Crippen LogP contribution in [0.3, 0.4) is 0 Å². The third-order valence-corrected chi connectivity index (χ3v) is 4.77. The molecule has 164 valence electrons. The number of para-hydroxylation sites is 1. The third kappa shape index (κ3) is 4.84. The molecule has 0 radical (unpaired) electrons. The standard InChI is InChI=1S/C23H21N3O6/c1-14(27)26-23(11-5-2-6-12-23)22(32)25-19-10-9-15(28)13-17(19)20(29)24-18-8-4-3-7-16(18)21(30)31/h2-11,13,28H,12H2,1H3,(H,24,29)(H,25,32)(H,26,27)(H,30,31). The minimum Gasteiger partial charge on any atom is -0.508 e. The molecular weight excluding hydrogens is 414 g/mol. The van der Waals surface area contributed by atoms with E-state index in [-0.39, 0.29) is 34.7 Å². The number of carbonyl (C=O) groups is 4. The molecular formula is C23H21N3O6. The molecule has 9 nitrogen and oxygen atoms in total. The van der Waals surface area contributed by atoms with Crippen molar-refractivity contribution in [1.29, 1.82) is 0 Å². The van der Waals surface area contributed by atoms with Crippen LogP contribution < -0.4 is 16.0 Å². The van der Waals surface area contributed by atoms with Crippen molar-refractivity contribution >= 4 is 35.1 Å². The van der Waals surface area contributed by atoms with Crippen molar-refractivity contribution in [2.45, 2.75) is 18.9 Å². The molecule has 0 spiro atoms. The number of phenols is 1. The molecule has 0 aromatic heterocycles. The fourth-order valence-electron chi connectivity index (χ4n) is 3.28. The number of carboxylic acid groups (broad SMARTS) is 1. The summed E-state index contributed by atoms with van der Waals surface area (Å²) >= 11 is 0. The molecule has 32 heavy (non-hydrogen) atoms. The molecule has 9 heteroatoms. The summed E-state index contributed by atoms with van der Waals surface area (Å²) in [5.41, 5.74) is -1.42. The number of amides is 3. The number of phenolic OH excluding ortho intramolecular Hbond substituents is 1. The summed E-state index contributed by atoms with van der Waals surface area (Å²) in [5, 5.41) is 27.0. The van der Waals surface area contributed by atoms with Crippen molar-refractivity contribution in [2.75, 3.05) is 10.6 Å². The van der Waals surface area contributed by atoms with Crippen LogP contribution in [0.25, 0.3) is 0 Å². The maximum atomic E-state index is 13.1. The van der Waals surface area contributed by atoms with Gasteiger partial charge in [-0.3, -0.25) is 14.4 Å². The van der Waals surface area contributed by atoms with Crippen molar-refractivity contribution in [3.05, 3.63) is 77.9 Å². The second-order valence-corrected chi connectivity index (χ2v) is 7.13. The molecule has 2 aromatic rings. The molecule has 0 heterocycles. The zero-order chi connectivity index (χ0) is 23.3. The first-order chi connectivity index (χ1) is 15.2. The Morgan fingerprint density at radius 2 is 1.66 bits per heavy atom. The number of allylic oxidation sites excluding steroid dienone is 2. The number of anilines is 2. The summed E-state index contributed by atoms with van der Waals surface area (Å²) in [6.07, 6.45) is 6.86. The van der Waals surface area contributed by atoms with Crippen molar-refractivity contribution in [3.63, 3.8) is 0 Å².